The Morgan fingerprint density at radius 2 is 1.69 bits per heavy atom. The van der Waals surface area contributed by atoms with Crippen molar-refractivity contribution in [3.63, 3.8) is 0 Å². The zero-order chi connectivity index (χ0) is 25.2. The molecule has 5 rings (SSSR count). The van der Waals surface area contributed by atoms with Gasteiger partial charge in [-0.1, -0.05) is 59.6 Å². The van der Waals surface area contributed by atoms with E-state index in [1.165, 1.54) is 0 Å². The van der Waals surface area contributed by atoms with Crippen molar-refractivity contribution in [2.45, 2.75) is 19.6 Å². The average molecular weight is 526 g/mol. The summed E-state index contributed by atoms with van der Waals surface area (Å²) in [5.41, 5.74) is 2.46. The molecule has 2 unspecified atom stereocenters. The fourth-order valence-electron chi connectivity index (χ4n) is 4.69. The second-order valence-electron chi connectivity index (χ2n) is 8.84. The zero-order valence-electron chi connectivity index (χ0n) is 19.7. The highest BCUT2D eigenvalue weighted by atomic mass is 35.5. The van der Waals surface area contributed by atoms with Crippen molar-refractivity contribution in [3.05, 3.63) is 82.0 Å². The van der Waals surface area contributed by atoms with Crippen LogP contribution in [-0.2, 0) is 16.1 Å². The van der Waals surface area contributed by atoms with Crippen LogP contribution in [0.4, 0.5) is 10.6 Å². The fourth-order valence-corrected chi connectivity index (χ4v) is 5.00. The lowest BCUT2D eigenvalue weighted by molar-refractivity contribution is -0.136. The number of aromatic nitrogens is 2. The van der Waals surface area contributed by atoms with Gasteiger partial charge < -0.3 is 14.5 Å². The second kappa shape index (κ2) is 10.3. The summed E-state index contributed by atoms with van der Waals surface area (Å²) in [4.78, 5) is 34.4. The van der Waals surface area contributed by atoms with Crippen LogP contribution in [0, 0.1) is 5.92 Å². The van der Waals surface area contributed by atoms with Gasteiger partial charge in [0.2, 0.25) is 5.91 Å². The number of nitrogens with zero attached hydrogens (tertiary/aromatic N) is 5. The molecule has 10 heteroatoms. The Kier molecular flexibility index (Phi) is 6.98. The van der Waals surface area contributed by atoms with E-state index in [-0.39, 0.29) is 18.6 Å². The van der Waals surface area contributed by atoms with Gasteiger partial charge in [0.25, 0.3) is 0 Å². The Morgan fingerprint density at radius 1 is 0.972 bits per heavy atom. The highest BCUT2D eigenvalue weighted by Gasteiger charge is 2.41. The molecule has 2 amide bonds. The molecular weight excluding hydrogens is 501 g/mol. The van der Waals surface area contributed by atoms with Gasteiger partial charge in [0.1, 0.15) is 12.5 Å². The Labute approximate surface area is 219 Å². The van der Waals surface area contributed by atoms with Gasteiger partial charge in [-0.15, -0.1) is 0 Å². The molecule has 2 atom stereocenters. The number of piperazine rings is 1. The van der Waals surface area contributed by atoms with Gasteiger partial charge in [0.15, 0.2) is 5.82 Å². The summed E-state index contributed by atoms with van der Waals surface area (Å²) in [5, 5.41) is 5.31. The van der Waals surface area contributed by atoms with Crippen LogP contribution in [-0.4, -0.2) is 63.5 Å². The number of amides is 2. The number of fused-ring (bicyclic) bond motifs is 1. The van der Waals surface area contributed by atoms with Crippen molar-refractivity contribution in [3.8, 4) is 0 Å². The first-order chi connectivity index (χ1) is 17.4. The maximum absolute atomic E-state index is 13.8. The van der Waals surface area contributed by atoms with Crippen molar-refractivity contribution in [2.24, 2.45) is 10.9 Å². The fraction of sp³-hybridized carbons (Fsp3) is 0.308. The summed E-state index contributed by atoms with van der Waals surface area (Å²) in [6.45, 7) is 3.68. The lowest BCUT2D eigenvalue weighted by Gasteiger charge is -2.38. The van der Waals surface area contributed by atoms with Crippen LogP contribution < -0.4 is 0 Å². The zero-order valence-corrected chi connectivity index (χ0v) is 21.2. The molecule has 0 radical (unpaired) electrons. The van der Waals surface area contributed by atoms with Gasteiger partial charge in [0.05, 0.1) is 22.3 Å². The number of carbonyl (C=O) groups excluding carboxylic acids is 2. The Morgan fingerprint density at radius 3 is 2.42 bits per heavy atom. The minimum atomic E-state index is -0.564. The Bertz CT molecular complexity index is 1300. The van der Waals surface area contributed by atoms with E-state index in [0.29, 0.717) is 47.8 Å². The number of rotatable bonds is 4. The second-order valence-corrected chi connectivity index (χ2v) is 9.65. The normalized spacial score (nSPS) is 19.5. The molecule has 0 spiro atoms. The highest BCUT2D eigenvalue weighted by molar-refractivity contribution is 6.42. The molecule has 1 saturated heterocycles. The summed E-state index contributed by atoms with van der Waals surface area (Å²) in [6, 6.07) is 16.3. The van der Waals surface area contributed by atoms with Crippen molar-refractivity contribution >= 4 is 46.7 Å². The van der Waals surface area contributed by atoms with Gasteiger partial charge in [-0.2, -0.15) is 5.10 Å². The van der Waals surface area contributed by atoms with Crippen LogP contribution in [0.3, 0.4) is 0 Å². The van der Waals surface area contributed by atoms with E-state index in [1.54, 1.807) is 32.8 Å². The summed E-state index contributed by atoms with van der Waals surface area (Å²) in [7, 11) is 0. The van der Waals surface area contributed by atoms with Crippen LogP contribution in [0.25, 0.3) is 0 Å². The third kappa shape index (κ3) is 4.83. The minimum Gasteiger partial charge on any atom is -0.445 e. The molecule has 1 fully saturated rings. The standard InChI is InChI=1S/C26H25Cl2N5O3/c1-17-23(24(33-22(30-17)9-10-29-33)19-7-8-20(27)21(28)15-19)25(34)31-11-13-32(14-12-31)26(35)36-16-18-5-3-2-4-6-18/h2-10,15,23-24H,11-14,16H2,1H3. The van der Waals surface area contributed by atoms with E-state index >= 15 is 0 Å². The van der Waals surface area contributed by atoms with Crippen LogP contribution in [0.15, 0.2) is 65.8 Å². The van der Waals surface area contributed by atoms with E-state index in [2.05, 4.69) is 10.1 Å². The number of carbonyl (C=O) groups is 2. The molecule has 186 valence electrons. The molecule has 3 heterocycles. The van der Waals surface area contributed by atoms with E-state index in [0.717, 1.165) is 11.1 Å². The Hall–Kier alpha value is -3.36. The topological polar surface area (TPSA) is 80.0 Å². The molecule has 36 heavy (non-hydrogen) atoms. The lowest BCUT2D eigenvalue weighted by atomic mass is 9.87. The molecule has 0 aliphatic carbocycles. The number of halogens is 2. The molecule has 0 N–H and O–H groups in total. The summed E-state index contributed by atoms with van der Waals surface area (Å²) < 4.78 is 7.21. The molecule has 0 saturated carbocycles. The highest BCUT2D eigenvalue weighted by Crippen LogP contribution is 2.38. The number of aliphatic imine (C=N–C) groups is 1. The van der Waals surface area contributed by atoms with E-state index in [9.17, 15) is 9.59 Å². The first-order valence-electron chi connectivity index (χ1n) is 11.7. The number of ether oxygens (including phenoxy) is 1. The van der Waals surface area contributed by atoms with Crippen LogP contribution >= 0.6 is 23.2 Å². The van der Waals surface area contributed by atoms with Gasteiger partial charge >= 0.3 is 6.09 Å². The van der Waals surface area contributed by atoms with E-state index in [1.807, 2.05) is 49.4 Å². The summed E-state index contributed by atoms with van der Waals surface area (Å²) in [6.07, 6.45) is 1.29. The van der Waals surface area contributed by atoms with Gasteiger partial charge in [0, 0.05) is 38.0 Å². The van der Waals surface area contributed by atoms with E-state index in [4.69, 9.17) is 27.9 Å². The summed E-state index contributed by atoms with van der Waals surface area (Å²) in [5.74, 6) is 0.0515. The summed E-state index contributed by atoms with van der Waals surface area (Å²) >= 11 is 12.5. The first kappa shape index (κ1) is 24.3. The minimum absolute atomic E-state index is 0.0641. The molecule has 2 aliphatic rings. The van der Waals surface area contributed by atoms with Crippen molar-refractivity contribution in [1.82, 2.24) is 19.6 Å². The largest absolute Gasteiger partial charge is 0.445 e. The molecule has 2 aliphatic heterocycles. The molecule has 1 aromatic heterocycles. The first-order valence-corrected chi connectivity index (χ1v) is 12.5. The van der Waals surface area contributed by atoms with Gasteiger partial charge in [-0.25, -0.2) is 14.5 Å². The van der Waals surface area contributed by atoms with Crippen LogP contribution in [0.5, 0.6) is 0 Å². The smallest absolute Gasteiger partial charge is 0.410 e. The van der Waals surface area contributed by atoms with Crippen LogP contribution in [0.2, 0.25) is 10.0 Å². The average Bonchev–Trinajstić information content (AvgIpc) is 3.36. The molecule has 0 bridgehead atoms. The molecular formula is C26H25Cl2N5O3. The maximum Gasteiger partial charge on any atom is 0.410 e. The number of hydrogen-bond acceptors (Lipinski definition) is 5. The predicted octanol–water partition coefficient (Wildman–Crippen LogP) is 4.98. The van der Waals surface area contributed by atoms with Gasteiger partial charge in [-0.3, -0.25) is 4.79 Å². The van der Waals surface area contributed by atoms with Crippen molar-refractivity contribution < 1.29 is 14.3 Å². The monoisotopic (exact) mass is 525 g/mol. The van der Waals surface area contributed by atoms with Crippen LogP contribution in [0.1, 0.15) is 24.1 Å². The third-order valence-electron chi connectivity index (χ3n) is 6.58. The molecule has 2 aromatic carbocycles. The predicted molar refractivity (Wildman–Crippen MR) is 138 cm³/mol. The van der Waals surface area contributed by atoms with Crippen molar-refractivity contribution in [1.29, 1.82) is 0 Å². The number of hydrogen-bond donors (Lipinski definition) is 0. The number of benzene rings is 2. The van der Waals surface area contributed by atoms with E-state index < -0.39 is 12.0 Å². The maximum atomic E-state index is 13.8. The molecule has 3 aromatic rings. The SMILES string of the molecule is CC1=Nc2ccnn2C(c2ccc(Cl)c(Cl)c2)C1C(=O)N1CCN(C(=O)OCc2ccccc2)CC1. The van der Waals surface area contributed by atoms with Gasteiger partial charge in [-0.05, 0) is 30.2 Å². The third-order valence-corrected chi connectivity index (χ3v) is 7.31. The lowest BCUT2D eigenvalue weighted by Crippen LogP contribution is -2.54. The quantitative estimate of drug-likeness (QED) is 0.480. The Balaban J connectivity index is 1.30. The molecule has 8 nitrogen and oxygen atoms in total. The van der Waals surface area contributed by atoms with Crippen molar-refractivity contribution in [2.75, 3.05) is 26.2 Å².